The van der Waals surface area contributed by atoms with Crippen molar-refractivity contribution in [2.24, 2.45) is 0 Å². The monoisotopic (exact) mass is 359 g/mol. The lowest BCUT2D eigenvalue weighted by molar-refractivity contribution is -0.119. The number of amides is 1. The molecule has 0 spiro atoms. The molecule has 134 valence electrons. The molecule has 1 aliphatic heterocycles. The van der Waals surface area contributed by atoms with Gasteiger partial charge >= 0.3 is 0 Å². The van der Waals surface area contributed by atoms with Crippen molar-refractivity contribution >= 4 is 24.0 Å². The Morgan fingerprint density at radius 3 is 2.48 bits per heavy atom. The third kappa shape index (κ3) is 5.05. The number of piperazine rings is 1. The Hall–Kier alpha value is -1.88. The molecule has 0 aliphatic carbocycles. The minimum atomic E-state index is -0.179. The molecule has 2 aromatic carbocycles. The van der Waals surface area contributed by atoms with E-state index in [4.69, 9.17) is 0 Å². The molecule has 0 radical (unpaired) electrons. The molecule has 0 saturated carbocycles. The van der Waals surface area contributed by atoms with Gasteiger partial charge in [0, 0.05) is 31.9 Å². The van der Waals surface area contributed by atoms with Gasteiger partial charge in [-0.3, -0.25) is 9.69 Å². The van der Waals surface area contributed by atoms with E-state index in [1.54, 1.807) is 0 Å². The number of nitrogens with one attached hydrogen (secondary N) is 2. The SMILES string of the molecule is Cc1cccc(C)c1NC(=O)C1CN(Cc2ccccc2)CCN1.Cl. The lowest BCUT2D eigenvalue weighted by atomic mass is 10.1. The molecular weight excluding hydrogens is 334 g/mol. The van der Waals surface area contributed by atoms with Crippen LogP contribution in [0.15, 0.2) is 48.5 Å². The molecule has 2 aromatic rings. The van der Waals surface area contributed by atoms with Crippen molar-refractivity contribution in [1.82, 2.24) is 10.2 Å². The number of halogens is 1. The maximum atomic E-state index is 12.7. The molecule has 1 heterocycles. The van der Waals surface area contributed by atoms with Gasteiger partial charge in [0.1, 0.15) is 0 Å². The summed E-state index contributed by atoms with van der Waals surface area (Å²) in [5, 5.41) is 6.44. The molecule has 1 saturated heterocycles. The first kappa shape index (κ1) is 19.4. The van der Waals surface area contributed by atoms with E-state index >= 15 is 0 Å². The first-order valence-electron chi connectivity index (χ1n) is 8.50. The molecule has 0 bridgehead atoms. The van der Waals surface area contributed by atoms with Gasteiger partial charge in [-0.15, -0.1) is 12.4 Å². The number of para-hydroxylation sites is 1. The third-order valence-electron chi connectivity index (χ3n) is 4.55. The summed E-state index contributed by atoms with van der Waals surface area (Å²) >= 11 is 0. The minimum Gasteiger partial charge on any atom is -0.324 e. The Morgan fingerprint density at radius 1 is 1.12 bits per heavy atom. The highest BCUT2D eigenvalue weighted by molar-refractivity contribution is 5.96. The van der Waals surface area contributed by atoms with E-state index in [1.165, 1.54) is 5.56 Å². The van der Waals surface area contributed by atoms with Gasteiger partial charge in [-0.25, -0.2) is 0 Å². The highest BCUT2D eigenvalue weighted by Gasteiger charge is 2.25. The zero-order valence-corrected chi connectivity index (χ0v) is 15.6. The number of hydrogen-bond donors (Lipinski definition) is 2. The number of rotatable bonds is 4. The van der Waals surface area contributed by atoms with Crippen molar-refractivity contribution in [3.8, 4) is 0 Å². The van der Waals surface area contributed by atoms with Crippen molar-refractivity contribution in [3.63, 3.8) is 0 Å². The zero-order chi connectivity index (χ0) is 16.9. The molecule has 25 heavy (non-hydrogen) atoms. The Balaban J connectivity index is 0.00000225. The largest absolute Gasteiger partial charge is 0.324 e. The quantitative estimate of drug-likeness (QED) is 0.881. The fourth-order valence-electron chi connectivity index (χ4n) is 3.19. The first-order valence-corrected chi connectivity index (χ1v) is 8.50. The second-order valence-corrected chi connectivity index (χ2v) is 6.48. The van der Waals surface area contributed by atoms with Crippen LogP contribution in [0.4, 0.5) is 5.69 Å². The smallest absolute Gasteiger partial charge is 0.242 e. The molecule has 5 heteroatoms. The second-order valence-electron chi connectivity index (χ2n) is 6.48. The number of anilines is 1. The second kappa shape index (κ2) is 8.99. The van der Waals surface area contributed by atoms with E-state index in [0.717, 1.165) is 43.0 Å². The summed E-state index contributed by atoms with van der Waals surface area (Å²) in [5.41, 5.74) is 4.42. The Labute approximate surface area is 156 Å². The zero-order valence-electron chi connectivity index (χ0n) is 14.8. The average Bonchev–Trinajstić information content (AvgIpc) is 2.59. The average molecular weight is 360 g/mol. The van der Waals surface area contributed by atoms with Gasteiger partial charge in [0.2, 0.25) is 5.91 Å². The number of aryl methyl sites for hydroxylation is 2. The summed E-state index contributed by atoms with van der Waals surface area (Å²) in [5.74, 6) is 0.0464. The lowest BCUT2D eigenvalue weighted by Crippen LogP contribution is -2.55. The minimum absolute atomic E-state index is 0. The molecule has 1 atom stereocenters. The van der Waals surface area contributed by atoms with E-state index in [9.17, 15) is 4.79 Å². The molecular formula is C20H26ClN3O. The predicted octanol–water partition coefficient (Wildman–Crippen LogP) is 3.14. The maximum Gasteiger partial charge on any atom is 0.242 e. The Kier molecular flexibility index (Phi) is 7.00. The van der Waals surface area contributed by atoms with Crippen LogP contribution in [-0.4, -0.2) is 36.5 Å². The fourth-order valence-corrected chi connectivity index (χ4v) is 3.19. The fraction of sp³-hybridized carbons (Fsp3) is 0.350. The van der Waals surface area contributed by atoms with Crippen LogP contribution in [0.25, 0.3) is 0 Å². The number of hydrogen-bond acceptors (Lipinski definition) is 3. The van der Waals surface area contributed by atoms with E-state index < -0.39 is 0 Å². The van der Waals surface area contributed by atoms with Crippen LogP contribution >= 0.6 is 12.4 Å². The molecule has 4 nitrogen and oxygen atoms in total. The summed E-state index contributed by atoms with van der Waals surface area (Å²) < 4.78 is 0. The van der Waals surface area contributed by atoms with Gasteiger partial charge in [0.25, 0.3) is 0 Å². The summed E-state index contributed by atoms with van der Waals surface area (Å²) in [6.07, 6.45) is 0. The van der Waals surface area contributed by atoms with Crippen molar-refractivity contribution < 1.29 is 4.79 Å². The summed E-state index contributed by atoms with van der Waals surface area (Å²) in [7, 11) is 0. The van der Waals surface area contributed by atoms with Crippen LogP contribution in [0.5, 0.6) is 0 Å². The highest BCUT2D eigenvalue weighted by atomic mass is 35.5. The van der Waals surface area contributed by atoms with Crippen molar-refractivity contribution in [2.45, 2.75) is 26.4 Å². The van der Waals surface area contributed by atoms with Gasteiger partial charge < -0.3 is 10.6 Å². The molecule has 0 aromatic heterocycles. The van der Waals surface area contributed by atoms with Crippen molar-refractivity contribution in [2.75, 3.05) is 25.0 Å². The molecule has 1 fully saturated rings. The maximum absolute atomic E-state index is 12.7. The summed E-state index contributed by atoms with van der Waals surface area (Å²) in [6.45, 7) is 7.46. The standard InChI is InChI=1S/C20H25N3O.ClH/c1-15-7-6-8-16(2)19(15)22-20(24)18-14-23(12-11-21-18)13-17-9-4-3-5-10-17;/h3-10,18,21H,11-14H2,1-2H3,(H,22,24);1H. The molecule has 1 amide bonds. The topological polar surface area (TPSA) is 44.4 Å². The van der Waals surface area contributed by atoms with Gasteiger partial charge in [0.15, 0.2) is 0 Å². The number of nitrogens with zero attached hydrogens (tertiary/aromatic N) is 1. The van der Waals surface area contributed by atoms with Crippen molar-refractivity contribution in [3.05, 3.63) is 65.2 Å². The highest BCUT2D eigenvalue weighted by Crippen LogP contribution is 2.20. The van der Waals surface area contributed by atoms with E-state index in [1.807, 2.05) is 38.1 Å². The van der Waals surface area contributed by atoms with E-state index in [0.29, 0.717) is 0 Å². The number of benzene rings is 2. The third-order valence-corrected chi connectivity index (χ3v) is 4.55. The Morgan fingerprint density at radius 2 is 1.80 bits per heavy atom. The van der Waals surface area contributed by atoms with Crippen LogP contribution in [-0.2, 0) is 11.3 Å². The molecule has 1 aliphatic rings. The summed E-state index contributed by atoms with van der Waals surface area (Å²) in [4.78, 5) is 15.0. The van der Waals surface area contributed by atoms with Gasteiger partial charge in [-0.1, -0.05) is 48.5 Å². The lowest BCUT2D eigenvalue weighted by Gasteiger charge is -2.33. The normalized spacial score (nSPS) is 17.6. The molecule has 1 unspecified atom stereocenters. The van der Waals surface area contributed by atoms with E-state index in [-0.39, 0.29) is 24.4 Å². The number of carbonyl (C=O) groups excluding carboxylic acids is 1. The van der Waals surface area contributed by atoms with Crippen molar-refractivity contribution in [1.29, 1.82) is 0 Å². The molecule has 2 N–H and O–H groups in total. The number of carbonyl (C=O) groups is 1. The first-order chi connectivity index (χ1) is 11.6. The predicted molar refractivity (Wildman–Crippen MR) is 105 cm³/mol. The van der Waals surface area contributed by atoms with Crippen LogP contribution in [0.1, 0.15) is 16.7 Å². The Bertz CT molecular complexity index is 685. The van der Waals surface area contributed by atoms with Crippen LogP contribution in [0.2, 0.25) is 0 Å². The summed E-state index contributed by atoms with van der Waals surface area (Å²) in [6, 6.07) is 16.3. The van der Waals surface area contributed by atoms with Crippen LogP contribution < -0.4 is 10.6 Å². The van der Waals surface area contributed by atoms with E-state index in [2.05, 4.69) is 39.8 Å². The molecule has 3 rings (SSSR count). The van der Waals surface area contributed by atoms with Crippen LogP contribution in [0, 0.1) is 13.8 Å². The van der Waals surface area contributed by atoms with Gasteiger partial charge in [-0.2, -0.15) is 0 Å². The van der Waals surface area contributed by atoms with Gasteiger partial charge in [0.05, 0.1) is 6.04 Å². The van der Waals surface area contributed by atoms with Crippen LogP contribution in [0.3, 0.4) is 0 Å². The van der Waals surface area contributed by atoms with Gasteiger partial charge in [-0.05, 0) is 30.5 Å².